The summed E-state index contributed by atoms with van der Waals surface area (Å²) in [6.45, 7) is 3.50. The molecular weight excluding hydrogens is 350 g/mol. The van der Waals surface area contributed by atoms with Crippen molar-refractivity contribution in [1.82, 2.24) is 15.5 Å². The Hall–Kier alpha value is -2.03. The number of nitrogens with two attached hydrogens (primary N) is 1. The molecule has 0 saturated heterocycles. The molecule has 1 atom stereocenters. The average Bonchev–Trinajstić information content (AvgIpc) is 3.00. The first-order valence-electron chi connectivity index (χ1n) is 7.29. The van der Waals surface area contributed by atoms with E-state index >= 15 is 0 Å². The van der Waals surface area contributed by atoms with Crippen LogP contribution in [0.15, 0.2) is 24.3 Å². The lowest BCUT2D eigenvalue weighted by molar-refractivity contribution is -0.125. The first-order valence-corrected chi connectivity index (χ1v) is 8.49. The molecule has 0 saturated carbocycles. The standard InChI is InChI=1S/C15H18ClN5O2S/c1-8(2)12(17)13(23)18-7-11(22)19-15-21-20-14(24-15)9-4-3-5-10(16)6-9/h3-6,8,12H,7,17H2,1-2H3,(H,18,23)(H,19,21,22)/t12-/m0/s1. The second kappa shape index (κ2) is 8.18. The van der Waals surface area contributed by atoms with Crippen LogP contribution in [0.1, 0.15) is 13.8 Å². The van der Waals surface area contributed by atoms with Crippen molar-refractivity contribution >= 4 is 39.9 Å². The monoisotopic (exact) mass is 367 g/mol. The number of rotatable bonds is 6. The van der Waals surface area contributed by atoms with Gasteiger partial charge in [0, 0.05) is 10.6 Å². The van der Waals surface area contributed by atoms with Gasteiger partial charge < -0.3 is 11.1 Å². The van der Waals surface area contributed by atoms with Gasteiger partial charge in [0.25, 0.3) is 0 Å². The molecule has 0 radical (unpaired) electrons. The van der Waals surface area contributed by atoms with E-state index in [1.807, 2.05) is 26.0 Å². The lowest BCUT2D eigenvalue weighted by Gasteiger charge is -2.14. The molecular formula is C15H18ClN5O2S. The molecule has 0 aliphatic rings. The topological polar surface area (TPSA) is 110 Å². The number of carbonyl (C=O) groups excluding carboxylic acids is 2. The normalized spacial score (nSPS) is 12.0. The van der Waals surface area contributed by atoms with Crippen LogP contribution < -0.4 is 16.4 Å². The van der Waals surface area contributed by atoms with E-state index in [-0.39, 0.29) is 18.4 Å². The third-order valence-electron chi connectivity index (χ3n) is 3.19. The van der Waals surface area contributed by atoms with E-state index in [0.29, 0.717) is 15.2 Å². The highest BCUT2D eigenvalue weighted by molar-refractivity contribution is 7.18. The minimum absolute atomic E-state index is 0.00326. The van der Waals surface area contributed by atoms with Crippen LogP contribution >= 0.6 is 22.9 Å². The SMILES string of the molecule is CC(C)[C@H](N)C(=O)NCC(=O)Nc1nnc(-c2cccc(Cl)c2)s1. The fourth-order valence-corrected chi connectivity index (χ4v) is 2.71. The zero-order valence-corrected chi connectivity index (χ0v) is 14.8. The molecule has 1 aromatic carbocycles. The van der Waals surface area contributed by atoms with Crippen molar-refractivity contribution in [3.8, 4) is 10.6 Å². The van der Waals surface area contributed by atoms with Gasteiger partial charge in [0.1, 0.15) is 5.01 Å². The van der Waals surface area contributed by atoms with Gasteiger partial charge >= 0.3 is 0 Å². The van der Waals surface area contributed by atoms with Crippen LogP contribution in [0.2, 0.25) is 5.02 Å². The number of anilines is 1. The Kier molecular flexibility index (Phi) is 6.24. The van der Waals surface area contributed by atoms with Crippen molar-refractivity contribution in [2.75, 3.05) is 11.9 Å². The highest BCUT2D eigenvalue weighted by Gasteiger charge is 2.18. The third kappa shape index (κ3) is 4.98. The molecule has 24 heavy (non-hydrogen) atoms. The molecule has 0 bridgehead atoms. The number of benzene rings is 1. The minimum Gasteiger partial charge on any atom is -0.346 e. The van der Waals surface area contributed by atoms with E-state index in [9.17, 15) is 9.59 Å². The highest BCUT2D eigenvalue weighted by Crippen LogP contribution is 2.27. The molecule has 1 heterocycles. The van der Waals surface area contributed by atoms with Crippen LogP contribution in [0.4, 0.5) is 5.13 Å². The number of nitrogens with zero attached hydrogens (tertiary/aromatic N) is 2. The lowest BCUT2D eigenvalue weighted by Crippen LogP contribution is -2.46. The molecule has 0 fully saturated rings. The third-order valence-corrected chi connectivity index (χ3v) is 4.31. The predicted molar refractivity (Wildman–Crippen MR) is 94.8 cm³/mol. The number of halogens is 1. The first kappa shape index (κ1) is 18.3. The second-order valence-corrected chi connectivity index (χ2v) is 6.87. The first-order chi connectivity index (χ1) is 11.4. The van der Waals surface area contributed by atoms with Crippen LogP contribution in [0.25, 0.3) is 10.6 Å². The van der Waals surface area contributed by atoms with Crippen LogP contribution in [0.5, 0.6) is 0 Å². The number of carbonyl (C=O) groups is 2. The summed E-state index contributed by atoms with van der Waals surface area (Å²) in [7, 11) is 0. The van der Waals surface area contributed by atoms with Crippen molar-refractivity contribution in [2.24, 2.45) is 11.7 Å². The molecule has 0 aliphatic heterocycles. The van der Waals surface area contributed by atoms with Gasteiger partial charge in [-0.25, -0.2) is 0 Å². The van der Waals surface area contributed by atoms with Crippen molar-refractivity contribution in [3.05, 3.63) is 29.3 Å². The summed E-state index contributed by atoms with van der Waals surface area (Å²) in [5, 5.41) is 14.6. The van der Waals surface area contributed by atoms with Gasteiger partial charge in [-0.1, -0.05) is 48.9 Å². The lowest BCUT2D eigenvalue weighted by atomic mass is 10.1. The minimum atomic E-state index is -0.645. The molecule has 9 heteroatoms. The largest absolute Gasteiger partial charge is 0.346 e. The highest BCUT2D eigenvalue weighted by atomic mass is 35.5. The number of amides is 2. The Morgan fingerprint density at radius 2 is 2.08 bits per heavy atom. The fourth-order valence-electron chi connectivity index (χ4n) is 1.76. The van der Waals surface area contributed by atoms with E-state index in [1.165, 1.54) is 11.3 Å². The summed E-state index contributed by atoms with van der Waals surface area (Å²) in [5.74, 6) is -0.762. The molecule has 128 valence electrons. The van der Waals surface area contributed by atoms with Crippen LogP contribution in [-0.2, 0) is 9.59 Å². The van der Waals surface area contributed by atoms with E-state index in [2.05, 4.69) is 20.8 Å². The Bertz CT molecular complexity index is 734. The zero-order chi connectivity index (χ0) is 17.7. The van der Waals surface area contributed by atoms with Gasteiger partial charge in [-0.15, -0.1) is 10.2 Å². The van der Waals surface area contributed by atoms with E-state index in [4.69, 9.17) is 17.3 Å². The Balaban J connectivity index is 1.90. The predicted octanol–water partition coefficient (Wildman–Crippen LogP) is 1.90. The number of hydrogen-bond acceptors (Lipinski definition) is 6. The molecule has 4 N–H and O–H groups in total. The summed E-state index contributed by atoms with van der Waals surface area (Å²) in [4.78, 5) is 23.6. The maximum Gasteiger partial charge on any atom is 0.245 e. The smallest absolute Gasteiger partial charge is 0.245 e. The summed E-state index contributed by atoms with van der Waals surface area (Å²) in [5.41, 5.74) is 6.52. The summed E-state index contributed by atoms with van der Waals surface area (Å²) in [6.07, 6.45) is 0. The Labute approximate surface area is 148 Å². The zero-order valence-electron chi connectivity index (χ0n) is 13.2. The van der Waals surface area contributed by atoms with Gasteiger partial charge in [0.05, 0.1) is 12.6 Å². The summed E-state index contributed by atoms with van der Waals surface area (Å²) < 4.78 is 0. The number of nitrogens with one attached hydrogen (secondary N) is 2. The van der Waals surface area contributed by atoms with E-state index < -0.39 is 11.9 Å². The van der Waals surface area contributed by atoms with Crippen molar-refractivity contribution in [3.63, 3.8) is 0 Å². The maximum absolute atomic E-state index is 11.9. The molecule has 0 unspecified atom stereocenters. The number of aromatic nitrogens is 2. The summed E-state index contributed by atoms with van der Waals surface area (Å²) in [6, 6.07) is 6.55. The summed E-state index contributed by atoms with van der Waals surface area (Å²) >= 11 is 7.16. The van der Waals surface area contributed by atoms with Crippen LogP contribution in [-0.4, -0.2) is 34.6 Å². The van der Waals surface area contributed by atoms with Gasteiger partial charge in [-0.05, 0) is 18.1 Å². The van der Waals surface area contributed by atoms with Crippen LogP contribution in [0.3, 0.4) is 0 Å². The quantitative estimate of drug-likeness (QED) is 0.722. The van der Waals surface area contributed by atoms with Crippen LogP contribution in [0, 0.1) is 5.92 Å². The molecule has 1 aromatic heterocycles. The van der Waals surface area contributed by atoms with Gasteiger partial charge in [-0.3, -0.25) is 14.9 Å². The molecule has 0 aliphatic carbocycles. The molecule has 2 aromatic rings. The molecule has 2 rings (SSSR count). The average molecular weight is 368 g/mol. The van der Waals surface area contributed by atoms with E-state index in [0.717, 1.165) is 5.56 Å². The molecule has 2 amide bonds. The fraction of sp³-hybridized carbons (Fsp3) is 0.333. The molecule has 0 spiro atoms. The van der Waals surface area contributed by atoms with Crippen molar-refractivity contribution < 1.29 is 9.59 Å². The van der Waals surface area contributed by atoms with E-state index in [1.54, 1.807) is 12.1 Å². The second-order valence-electron chi connectivity index (χ2n) is 5.46. The maximum atomic E-state index is 11.9. The number of hydrogen-bond donors (Lipinski definition) is 3. The van der Waals surface area contributed by atoms with Crippen molar-refractivity contribution in [2.45, 2.75) is 19.9 Å². The van der Waals surface area contributed by atoms with Gasteiger partial charge in [-0.2, -0.15) is 0 Å². The Morgan fingerprint density at radius 1 is 1.33 bits per heavy atom. The van der Waals surface area contributed by atoms with Gasteiger partial charge in [0.2, 0.25) is 16.9 Å². The van der Waals surface area contributed by atoms with Crippen molar-refractivity contribution in [1.29, 1.82) is 0 Å². The molecule has 7 nitrogen and oxygen atoms in total. The Morgan fingerprint density at radius 3 is 2.75 bits per heavy atom. The van der Waals surface area contributed by atoms with Gasteiger partial charge in [0.15, 0.2) is 0 Å².